The Morgan fingerprint density at radius 2 is 1.69 bits per heavy atom. The SMILES string of the molecule is CN(C)CCCNc1cc(Cl)c(Cl)cc1Cl. The van der Waals surface area contributed by atoms with Crippen molar-refractivity contribution in [2.45, 2.75) is 6.42 Å². The molecule has 16 heavy (non-hydrogen) atoms. The molecule has 0 aromatic heterocycles. The minimum Gasteiger partial charge on any atom is -0.384 e. The minimum atomic E-state index is 0.477. The lowest BCUT2D eigenvalue weighted by molar-refractivity contribution is 0.405. The molecule has 90 valence electrons. The quantitative estimate of drug-likeness (QED) is 0.648. The Kier molecular flexibility index (Phi) is 5.70. The number of nitrogens with zero attached hydrogens (tertiary/aromatic N) is 1. The average Bonchev–Trinajstić information content (AvgIpc) is 2.19. The molecule has 0 atom stereocenters. The van der Waals surface area contributed by atoms with E-state index in [-0.39, 0.29) is 0 Å². The largest absolute Gasteiger partial charge is 0.384 e. The average molecular weight is 282 g/mol. The molecule has 0 aliphatic rings. The molecule has 0 amide bonds. The maximum Gasteiger partial charge on any atom is 0.0653 e. The zero-order valence-electron chi connectivity index (χ0n) is 9.36. The lowest BCUT2D eigenvalue weighted by atomic mass is 10.3. The molecule has 5 heteroatoms. The highest BCUT2D eigenvalue weighted by molar-refractivity contribution is 6.44. The molecule has 1 rings (SSSR count). The Balaban J connectivity index is 2.51. The van der Waals surface area contributed by atoms with Crippen molar-refractivity contribution < 1.29 is 0 Å². The van der Waals surface area contributed by atoms with Crippen LogP contribution in [0.4, 0.5) is 5.69 Å². The highest BCUT2D eigenvalue weighted by Crippen LogP contribution is 2.32. The van der Waals surface area contributed by atoms with Gasteiger partial charge >= 0.3 is 0 Å². The van der Waals surface area contributed by atoms with Crippen LogP contribution in [0.1, 0.15) is 6.42 Å². The van der Waals surface area contributed by atoms with Crippen LogP contribution >= 0.6 is 34.8 Å². The second-order valence-electron chi connectivity index (χ2n) is 3.83. The molecule has 0 saturated heterocycles. The third-order valence-electron chi connectivity index (χ3n) is 2.11. The number of nitrogens with one attached hydrogen (secondary N) is 1. The topological polar surface area (TPSA) is 15.3 Å². The van der Waals surface area contributed by atoms with Gasteiger partial charge in [-0.2, -0.15) is 0 Å². The molecule has 0 aliphatic heterocycles. The van der Waals surface area contributed by atoms with E-state index in [0.29, 0.717) is 15.1 Å². The van der Waals surface area contributed by atoms with Crippen molar-refractivity contribution >= 4 is 40.5 Å². The van der Waals surface area contributed by atoms with Gasteiger partial charge in [0.05, 0.1) is 20.8 Å². The lowest BCUT2D eigenvalue weighted by Crippen LogP contribution is -2.16. The summed E-state index contributed by atoms with van der Waals surface area (Å²) in [6.07, 6.45) is 1.05. The molecule has 1 N–H and O–H groups in total. The van der Waals surface area contributed by atoms with Crippen molar-refractivity contribution in [1.82, 2.24) is 4.90 Å². The number of hydrogen-bond acceptors (Lipinski definition) is 2. The van der Waals surface area contributed by atoms with Crippen molar-refractivity contribution in [3.05, 3.63) is 27.2 Å². The highest BCUT2D eigenvalue weighted by Gasteiger charge is 2.05. The second-order valence-corrected chi connectivity index (χ2v) is 5.05. The highest BCUT2D eigenvalue weighted by atomic mass is 35.5. The van der Waals surface area contributed by atoms with Gasteiger partial charge in [0.2, 0.25) is 0 Å². The van der Waals surface area contributed by atoms with Gasteiger partial charge in [0.15, 0.2) is 0 Å². The molecule has 2 nitrogen and oxygen atoms in total. The predicted octanol–water partition coefficient (Wildman–Crippen LogP) is 4.01. The molecule has 1 aromatic carbocycles. The Morgan fingerprint density at radius 3 is 2.31 bits per heavy atom. The van der Waals surface area contributed by atoms with Gasteiger partial charge in [-0.25, -0.2) is 0 Å². The van der Waals surface area contributed by atoms with Gasteiger partial charge in [-0.05, 0) is 39.2 Å². The van der Waals surface area contributed by atoms with E-state index in [1.54, 1.807) is 12.1 Å². The fourth-order valence-electron chi connectivity index (χ4n) is 1.28. The fraction of sp³-hybridized carbons (Fsp3) is 0.455. The molecule has 0 aliphatic carbocycles. The summed E-state index contributed by atoms with van der Waals surface area (Å²) in [5.74, 6) is 0. The van der Waals surface area contributed by atoms with Crippen molar-refractivity contribution in [2.75, 3.05) is 32.5 Å². The van der Waals surface area contributed by atoms with E-state index in [1.165, 1.54) is 0 Å². The van der Waals surface area contributed by atoms with Crippen LogP contribution in [0.25, 0.3) is 0 Å². The first kappa shape index (κ1) is 13.9. The van der Waals surface area contributed by atoms with Crippen LogP contribution in [0.3, 0.4) is 0 Å². The summed E-state index contributed by atoms with van der Waals surface area (Å²) in [4.78, 5) is 2.14. The van der Waals surface area contributed by atoms with Gasteiger partial charge in [-0.15, -0.1) is 0 Å². The van der Waals surface area contributed by atoms with Gasteiger partial charge in [0.1, 0.15) is 0 Å². The van der Waals surface area contributed by atoms with Crippen LogP contribution in [-0.2, 0) is 0 Å². The van der Waals surface area contributed by atoms with Crippen LogP contribution < -0.4 is 5.32 Å². The van der Waals surface area contributed by atoms with Crippen LogP contribution in [0.2, 0.25) is 15.1 Å². The molecule has 0 unspecified atom stereocenters. The summed E-state index contributed by atoms with van der Waals surface area (Å²) in [6, 6.07) is 3.40. The lowest BCUT2D eigenvalue weighted by Gasteiger charge is -2.12. The number of benzene rings is 1. The van der Waals surface area contributed by atoms with E-state index >= 15 is 0 Å². The molecule has 0 bridgehead atoms. The summed E-state index contributed by atoms with van der Waals surface area (Å²) in [7, 11) is 4.10. The zero-order valence-corrected chi connectivity index (χ0v) is 11.6. The Morgan fingerprint density at radius 1 is 1.06 bits per heavy atom. The molecular formula is C11H15Cl3N2. The summed E-state index contributed by atoms with van der Waals surface area (Å²) in [5, 5.41) is 4.82. The van der Waals surface area contributed by atoms with Gasteiger partial charge in [-0.3, -0.25) is 0 Å². The van der Waals surface area contributed by atoms with E-state index in [9.17, 15) is 0 Å². The normalized spacial score (nSPS) is 10.9. The van der Waals surface area contributed by atoms with E-state index in [4.69, 9.17) is 34.8 Å². The third-order valence-corrected chi connectivity index (χ3v) is 3.14. The van der Waals surface area contributed by atoms with Gasteiger partial charge in [0, 0.05) is 6.54 Å². The predicted molar refractivity (Wildman–Crippen MR) is 73.1 cm³/mol. The minimum absolute atomic E-state index is 0.477. The molecule has 0 fully saturated rings. The monoisotopic (exact) mass is 280 g/mol. The van der Waals surface area contributed by atoms with Crippen molar-refractivity contribution in [3.8, 4) is 0 Å². The van der Waals surface area contributed by atoms with Gasteiger partial charge in [0.25, 0.3) is 0 Å². The summed E-state index contributed by atoms with van der Waals surface area (Å²) in [5.41, 5.74) is 0.829. The maximum atomic E-state index is 6.03. The Labute approximate surface area is 111 Å². The van der Waals surface area contributed by atoms with Crippen LogP contribution in [0, 0.1) is 0 Å². The molecule has 0 radical (unpaired) electrons. The molecule has 0 spiro atoms. The number of hydrogen-bond donors (Lipinski definition) is 1. The van der Waals surface area contributed by atoms with E-state index in [2.05, 4.69) is 10.2 Å². The molecule has 0 saturated carbocycles. The zero-order chi connectivity index (χ0) is 12.1. The van der Waals surface area contributed by atoms with Crippen LogP contribution in [-0.4, -0.2) is 32.1 Å². The molecule has 0 heterocycles. The summed E-state index contributed by atoms with van der Waals surface area (Å²) < 4.78 is 0. The third kappa shape index (κ3) is 4.38. The maximum absolute atomic E-state index is 6.03. The van der Waals surface area contributed by atoms with Crippen LogP contribution in [0.15, 0.2) is 12.1 Å². The summed E-state index contributed by atoms with van der Waals surface area (Å²) in [6.45, 7) is 1.89. The number of rotatable bonds is 5. The van der Waals surface area contributed by atoms with E-state index in [0.717, 1.165) is 25.2 Å². The summed E-state index contributed by atoms with van der Waals surface area (Å²) >= 11 is 17.8. The van der Waals surface area contributed by atoms with E-state index < -0.39 is 0 Å². The van der Waals surface area contributed by atoms with Gasteiger partial charge < -0.3 is 10.2 Å². The Hall–Kier alpha value is -0.150. The smallest absolute Gasteiger partial charge is 0.0653 e. The second kappa shape index (κ2) is 6.55. The van der Waals surface area contributed by atoms with E-state index in [1.807, 2.05) is 14.1 Å². The standard InChI is InChI=1S/C11H15Cl3N2/c1-16(2)5-3-4-15-11-7-9(13)8(12)6-10(11)14/h6-7,15H,3-5H2,1-2H3. The first-order chi connectivity index (χ1) is 7.50. The first-order valence-electron chi connectivity index (χ1n) is 5.04. The molecule has 1 aromatic rings. The van der Waals surface area contributed by atoms with Crippen LogP contribution in [0.5, 0.6) is 0 Å². The Bertz CT molecular complexity index is 353. The first-order valence-corrected chi connectivity index (χ1v) is 6.17. The van der Waals surface area contributed by atoms with Crippen molar-refractivity contribution in [3.63, 3.8) is 0 Å². The van der Waals surface area contributed by atoms with Crippen molar-refractivity contribution in [1.29, 1.82) is 0 Å². The fourth-order valence-corrected chi connectivity index (χ4v) is 1.89. The number of halogens is 3. The van der Waals surface area contributed by atoms with Crippen molar-refractivity contribution in [2.24, 2.45) is 0 Å². The number of anilines is 1. The molecular weight excluding hydrogens is 266 g/mol. The van der Waals surface area contributed by atoms with Gasteiger partial charge in [-0.1, -0.05) is 34.8 Å².